The van der Waals surface area contributed by atoms with E-state index in [0.29, 0.717) is 0 Å². The van der Waals surface area contributed by atoms with E-state index in [-0.39, 0.29) is 23.1 Å². The highest BCUT2D eigenvalue weighted by Crippen LogP contribution is 2.55. The SMILES string of the molecule is CC(C)(C)c1ccc(N2B3c4cc5c(cc4-n4c6cc7oc8ccccc8c7cc6c6ccc(c3c64)-c3cc4c(cc32)C(C)(C)c2ccc(C(C)(C)C)cc2-4)oc2ccccc25)cc1. The third kappa shape index (κ3) is 4.59. The maximum absolute atomic E-state index is 6.71. The van der Waals surface area contributed by atoms with Gasteiger partial charge in [0.05, 0.1) is 11.0 Å². The first-order chi connectivity index (χ1) is 30.7. The highest BCUT2D eigenvalue weighted by atomic mass is 16.3. The number of hydrogen-bond acceptors (Lipinski definition) is 3. The second-order valence-electron chi connectivity index (χ2n) is 21.3. The van der Waals surface area contributed by atoms with Crippen molar-refractivity contribution >= 4 is 94.8 Å². The predicted molar refractivity (Wildman–Crippen MR) is 269 cm³/mol. The molecule has 0 saturated carbocycles. The Kier molecular flexibility index (Phi) is 6.72. The van der Waals surface area contributed by atoms with Crippen LogP contribution in [0.3, 0.4) is 0 Å². The number of fused-ring (bicyclic) bond motifs is 17. The molecule has 5 heterocycles. The molecular formula is C59H47BN2O2. The fourth-order valence-corrected chi connectivity index (χ4v) is 11.9. The molecule has 2 aliphatic heterocycles. The van der Waals surface area contributed by atoms with E-state index in [2.05, 4.69) is 204 Å². The van der Waals surface area contributed by atoms with Gasteiger partial charge in [-0.2, -0.15) is 0 Å². The van der Waals surface area contributed by atoms with Crippen LogP contribution in [0.1, 0.15) is 77.6 Å². The lowest BCUT2D eigenvalue weighted by Gasteiger charge is -2.42. The van der Waals surface area contributed by atoms with Crippen LogP contribution in [0.2, 0.25) is 0 Å². The third-order valence-corrected chi connectivity index (χ3v) is 15.3. The molecule has 64 heavy (non-hydrogen) atoms. The zero-order chi connectivity index (χ0) is 43.3. The van der Waals surface area contributed by atoms with Crippen molar-refractivity contribution in [1.82, 2.24) is 4.57 Å². The molecule has 0 spiro atoms. The van der Waals surface area contributed by atoms with Crippen LogP contribution in [0, 0.1) is 0 Å². The van der Waals surface area contributed by atoms with E-state index < -0.39 is 0 Å². The molecule has 0 radical (unpaired) electrons. The van der Waals surface area contributed by atoms with Crippen LogP contribution in [-0.2, 0) is 16.2 Å². The maximum atomic E-state index is 6.71. The van der Waals surface area contributed by atoms with Gasteiger partial charge in [-0.3, -0.25) is 0 Å². The van der Waals surface area contributed by atoms with Crippen molar-refractivity contribution in [3.8, 4) is 27.9 Å². The lowest BCUT2D eigenvalue weighted by atomic mass is 9.44. The molecule has 0 saturated heterocycles. The fourth-order valence-electron chi connectivity index (χ4n) is 11.9. The summed E-state index contributed by atoms with van der Waals surface area (Å²) in [6.45, 7) is 18.6. The summed E-state index contributed by atoms with van der Waals surface area (Å²) < 4.78 is 15.8. The highest BCUT2D eigenvalue weighted by molar-refractivity contribution is 6.94. The Morgan fingerprint density at radius 1 is 0.469 bits per heavy atom. The maximum Gasteiger partial charge on any atom is 0.333 e. The second kappa shape index (κ2) is 11.8. The molecule has 3 aliphatic rings. The van der Waals surface area contributed by atoms with Gasteiger partial charge in [0.2, 0.25) is 0 Å². The summed E-state index contributed by atoms with van der Waals surface area (Å²) in [5.74, 6) is 0. The number of para-hydroxylation sites is 2. The van der Waals surface area contributed by atoms with Gasteiger partial charge in [0.15, 0.2) is 0 Å². The molecule has 14 rings (SSSR count). The van der Waals surface area contributed by atoms with Gasteiger partial charge >= 0.3 is 6.85 Å². The molecule has 8 aromatic carbocycles. The van der Waals surface area contributed by atoms with Crippen molar-refractivity contribution < 1.29 is 8.83 Å². The lowest BCUT2D eigenvalue weighted by molar-refractivity contribution is 0.589. The number of hydrogen-bond donors (Lipinski definition) is 0. The topological polar surface area (TPSA) is 34.5 Å². The minimum Gasteiger partial charge on any atom is -0.456 e. The molecule has 5 heteroatoms. The van der Waals surface area contributed by atoms with Gasteiger partial charge in [-0.1, -0.05) is 140 Å². The van der Waals surface area contributed by atoms with Gasteiger partial charge < -0.3 is 18.2 Å². The zero-order valence-electron chi connectivity index (χ0n) is 37.6. The number of benzene rings is 8. The van der Waals surface area contributed by atoms with Gasteiger partial charge in [-0.15, -0.1) is 0 Å². The van der Waals surface area contributed by atoms with Crippen LogP contribution in [0.15, 0.2) is 148 Å². The Balaban J connectivity index is 1.14. The average Bonchev–Trinajstić information content (AvgIpc) is 3.99. The summed E-state index contributed by atoms with van der Waals surface area (Å²) in [6, 6.07) is 52.9. The van der Waals surface area contributed by atoms with Crippen molar-refractivity contribution in [1.29, 1.82) is 0 Å². The van der Waals surface area contributed by atoms with E-state index in [1.54, 1.807) is 0 Å². The first-order valence-corrected chi connectivity index (χ1v) is 22.9. The van der Waals surface area contributed by atoms with Crippen LogP contribution in [0.4, 0.5) is 11.4 Å². The number of anilines is 2. The lowest BCUT2D eigenvalue weighted by Crippen LogP contribution is -2.60. The van der Waals surface area contributed by atoms with Gasteiger partial charge in [-0.25, -0.2) is 0 Å². The first kappa shape index (κ1) is 36.5. The Morgan fingerprint density at radius 2 is 1.11 bits per heavy atom. The summed E-state index contributed by atoms with van der Waals surface area (Å²) >= 11 is 0. The van der Waals surface area contributed by atoms with Gasteiger partial charge in [0.1, 0.15) is 22.3 Å². The summed E-state index contributed by atoms with van der Waals surface area (Å²) in [6.07, 6.45) is 0. The molecule has 1 aliphatic carbocycles. The van der Waals surface area contributed by atoms with Crippen molar-refractivity contribution in [2.75, 3.05) is 4.81 Å². The van der Waals surface area contributed by atoms with Gasteiger partial charge in [0, 0.05) is 72.5 Å². The summed E-state index contributed by atoms with van der Waals surface area (Å²) in [7, 11) is 0. The van der Waals surface area contributed by atoms with E-state index in [4.69, 9.17) is 8.83 Å². The quantitative estimate of drug-likeness (QED) is 0.155. The average molecular weight is 827 g/mol. The Morgan fingerprint density at radius 3 is 1.81 bits per heavy atom. The summed E-state index contributed by atoms with van der Waals surface area (Å²) in [4.78, 5) is 2.68. The van der Waals surface area contributed by atoms with Crippen LogP contribution < -0.4 is 15.7 Å². The summed E-state index contributed by atoms with van der Waals surface area (Å²) in [5.41, 5.74) is 22.7. The number of aromatic nitrogens is 1. The molecule has 0 bridgehead atoms. The number of nitrogens with zero attached hydrogens (tertiary/aromatic N) is 2. The van der Waals surface area contributed by atoms with E-state index >= 15 is 0 Å². The molecule has 0 N–H and O–H groups in total. The van der Waals surface area contributed by atoms with Crippen LogP contribution in [-0.4, -0.2) is 11.4 Å². The molecule has 4 nitrogen and oxygen atoms in total. The normalized spacial score (nSPS) is 14.9. The third-order valence-electron chi connectivity index (χ3n) is 15.3. The standard InChI is InChI=1S/C59H47BN2O2/c1-57(2,3)32-17-20-34(21-18-32)62-49-29-46-40(39-25-33(58(4,5)6)19-24-45(39)59(46,7)8)26-41(49)37-22-23-38-42-27-43-35-13-9-11-15-51(35)63-53(43)30-48(42)61-50-31-54-44(36-14-10-12-16-52(36)64-54)28-47(50)60(62)55(37)56(38)61/h9-31H,1-8H3. The van der Waals surface area contributed by atoms with Crippen LogP contribution >= 0.6 is 0 Å². The smallest absolute Gasteiger partial charge is 0.333 e. The highest BCUT2D eigenvalue weighted by Gasteiger charge is 2.46. The predicted octanol–water partition coefficient (Wildman–Crippen LogP) is 14.7. The van der Waals surface area contributed by atoms with E-state index in [1.165, 1.54) is 83.1 Å². The Hall–Kier alpha value is -6.98. The van der Waals surface area contributed by atoms with E-state index in [9.17, 15) is 0 Å². The van der Waals surface area contributed by atoms with E-state index in [1.807, 2.05) is 0 Å². The van der Waals surface area contributed by atoms with Crippen molar-refractivity contribution in [3.63, 3.8) is 0 Å². The minimum absolute atomic E-state index is 0.0243. The second-order valence-corrected chi connectivity index (χ2v) is 21.3. The monoisotopic (exact) mass is 826 g/mol. The summed E-state index contributed by atoms with van der Waals surface area (Å²) in [5, 5.41) is 7.02. The fraction of sp³-hybridized carbons (Fsp3) is 0.186. The Labute approximate surface area is 372 Å². The van der Waals surface area contributed by atoms with Crippen molar-refractivity contribution in [3.05, 3.63) is 162 Å². The molecule has 11 aromatic rings. The zero-order valence-corrected chi connectivity index (χ0v) is 37.6. The molecule has 0 amide bonds. The number of furan rings is 2. The Bertz CT molecular complexity index is 3900. The number of rotatable bonds is 1. The molecular weight excluding hydrogens is 779 g/mol. The van der Waals surface area contributed by atoms with Gasteiger partial charge in [0.25, 0.3) is 0 Å². The molecule has 3 aromatic heterocycles. The molecule has 308 valence electrons. The van der Waals surface area contributed by atoms with Crippen molar-refractivity contribution in [2.24, 2.45) is 0 Å². The van der Waals surface area contributed by atoms with Crippen LogP contribution in [0.5, 0.6) is 0 Å². The molecule has 0 unspecified atom stereocenters. The van der Waals surface area contributed by atoms with Crippen molar-refractivity contribution in [2.45, 2.75) is 71.6 Å². The first-order valence-electron chi connectivity index (χ1n) is 22.9. The van der Waals surface area contributed by atoms with E-state index in [0.717, 1.165) is 55.1 Å². The van der Waals surface area contributed by atoms with Gasteiger partial charge in [-0.05, 0) is 103 Å². The largest absolute Gasteiger partial charge is 0.456 e. The van der Waals surface area contributed by atoms with Crippen LogP contribution in [0.25, 0.3) is 93.6 Å². The molecule has 0 atom stereocenters. The minimum atomic E-state index is -0.179. The molecule has 0 fully saturated rings.